The third-order valence-electron chi connectivity index (χ3n) is 1.61. The number of amides is 1. The molecule has 1 radical (unpaired) electrons. The fraction of sp³-hybridized carbons (Fsp3) is 0.222. The molecule has 0 unspecified atom stereocenters. The first kappa shape index (κ1) is 7.79. The van der Waals surface area contributed by atoms with E-state index in [1.54, 1.807) is 13.5 Å². The molecule has 0 fully saturated rings. The van der Waals surface area contributed by atoms with Crippen LogP contribution in [0, 0.1) is 6.92 Å². The number of hydrogen-bond donors (Lipinski definition) is 0. The average molecular weight is 148 g/mol. The first-order valence-corrected chi connectivity index (χ1v) is 3.43. The lowest BCUT2D eigenvalue weighted by molar-refractivity contribution is 0.554. The number of anilines is 1. The van der Waals surface area contributed by atoms with Crippen LogP contribution in [0.1, 0.15) is 5.56 Å². The van der Waals surface area contributed by atoms with Gasteiger partial charge in [0, 0.05) is 12.7 Å². The van der Waals surface area contributed by atoms with E-state index in [0.717, 1.165) is 11.3 Å². The minimum Gasteiger partial charge on any atom is -0.307 e. The third kappa shape index (κ3) is 1.58. The highest BCUT2D eigenvalue weighted by Crippen LogP contribution is 2.15. The Kier molecular flexibility index (Phi) is 2.26. The van der Waals surface area contributed by atoms with E-state index in [1.807, 2.05) is 31.2 Å². The van der Waals surface area contributed by atoms with E-state index >= 15 is 0 Å². The average Bonchev–Trinajstić information content (AvgIpc) is 2.04. The Balaban J connectivity index is 3.02. The van der Waals surface area contributed by atoms with Gasteiger partial charge in [0.1, 0.15) is 0 Å². The minimum atomic E-state index is 0.905. The van der Waals surface area contributed by atoms with Gasteiger partial charge < -0.3 is 4.90 Å². The molecule has 0 N–H and O–H groups in total. The van der Waals surface area contributed by atoms with Crippen LogP contribution in [0.15, 0.2) is 24.3 Å². The summed E-state index contributed by atoms with van der Waals surface area (Å²) in [6, 6.07) is 7.69. The summed E-state index contributed by atoms with van der Waals surface area (Å²) in [7, 11) is 1.69. The zero-order valence-electron chi connectivity index (χ0n) is 6.66. The van der Waals surface area contributed by atoms with Crippen molar-refractivity contribution in [1.82, 2.24) is 0 Å². The molecule has 57 valence electrons. The molecule has 0 aliphatic carbocycles. The van der Waals surface area contributed by atoms with Gasteiger partial charge in [-0.05, 0) is 18.6 Å². The highest BCUT2D eigenvalue weighted by Gasteiger charge is 2.00. The molecule has 0 saturated heterocycles. The van der Waals surface area contributed by atoms with Gasteiger partial charge in [-0.2, -0.15) is 0 Å². The molecule has 0 bridgehead atoms. The molecule has 0 atom stereocenters. The fourth-order valence-electron chi connectivity index (χ4n) is 0.989. The van der Waals surface area contributed by atoms with Crippen LogP contribution in [0.4, 0.5) is 5.69 Å². The van der Waals surface area contributed by atoms with E-state index < -0.39 is 0 Å². The van der Waals surface area contributed by atoms with Crippen LogP contribution in [-0.2, 0) is 4.79 Å². The van der Waals surface area contributed by atoms with Crippen molar-refractivity contribution < 1.29 is 4.79 Å². The maximum absolute atomic E-state index is 10.3. The highest BCUT2D eigenvalue weighted by molar-refractivity contribution is 5.76. The van der Waals surface area contributed by atoms with Crippen LogP contribution in [0.5, 0.6) is 0 Å². The zero-order chi connectivity index (χ0) is 8.27. The standard InChI is InChI=1S/C9H10NO/c1-8-5-3-4-6-9(8)10(2)7-11/h3-6H,1-2H3. The molecule has 1 rings (SSSR count). The van der Waals surface area contributed by atoms with E-state index in [-0.39, 0.29) is 0 Å². The van der Waals surface area contributed by atoms with Gasteiger partial charge in [0.25, 0.3) is 0 Å². The van der Waals surface area contributed by atoms with Gasteiger partial charge >= 0.3 is 6.41 Å². The molecule has 2 nitrogen and oxygen atoms in total. The van der Waals surface area contributed by atoms with Crippen LogP contribution in [0.25, 0.3) is 0 Å². The summed E-state index contributed by atoms with van der Waals surface area (Å²) in [5, 5.41) is 0. The van der Waals surface area contributed by atoms with Crippen molar-refractivity contribution in [2.45, 2.75) is 6.92 Å². The van der Waals surface area contributed by atoms with Gasteiger partial charge in [-0.3, -0.25) is 4.79 Å². The normalized spacial score (nSPS) is 9.27. The Morgan fingerprint density at radius 2 is 2.00 bits per heavy atom. The summed E-state index contributed by atoms with van der Waals surface area (Å²) in [5.41, 5.74) is 1.99. The Bertz CT molecular complexity index is 257. The number of carbonyl (C=O) groups excluding carboxylic acids is 1. The molecule has 1 aromatic rings. The van der Waals surface area contributed by atoms with Crippen molar-refractivity contribution in [3.8, 4) is 0 Å². The quantitative estimate of drug-likeness (QED) is 0.582. The molecule has 2 heteroatoms. The Hall–Kier alpha value is -1.31. The SMILES string of the molecule is Cc1ccccc1N(C)[C]=O. The summed E-state index contributed by atoms with van der Waals surface area (Å²) >= 11 is 0. The molecular formula is C9H10NO. The van der Waals surface area contributed by atoms with E-state index in [2.05, 4.69) is 0 Å². The maximum Gasteiger partial charge on any atom is 0.316 e. The number of rotatable bonds is 2. The van der Waals surface area contributed by atoms with E-state index in [0.29, 0.717) is 0 Å². The Morgan fingerprint density at radius 1 is 1.36 bits per heavy atom. The largest absolute Gasteiger partial charge is 0.316 e. The molecule has 11 heavy (non-hydrogen) atoms. The molecule has 0 aliphatic heterocycles. The van der Waals surface area contributed by atoms with E-state index in [9.17, 15) is 4.79 Å². The van der Waals surface area contributed by atoms with Crippen molar-refractivity contribution in [3.05, 3.63) is 29.8 Å². The van der Waals surface area contributed by atoms with Crippen molar-refractivity contribution >= 4 is 12.1 Å². The van der Waals surface area contributed by atoms with Crippen LogP contribution in [0.3, 0.4) is 0 Å². The number of aryl methyl sites for hydroxylation is 1. The second-order valence-electron chi connectivity index (χ2n) is 2.44. The first-order valence-electron chi connectivity index (χ1n) is 3.43. The second-order valence-corrected chi connectivity index (χ2v) is 2.44. The molecule has 0 aliphatic rings. The second kappa shape index (κ2) is 3.19. The summed E-state index contributed by atoms with van der Waals surface area (Å²) in [6.07, 6.45) is 1.81. The predicted octanol–water partition coefficient (Wildman–Crippen LogP) is 1.50. The van der Waals surface area contributed by atoms with Gasteiger partial charge in [0.2, 0.25) is 0 Å². The Labute approximate surface area is 66.4 Å². The minimum absolute atomic E-state index is 0.905. The lowest BCUT2D eigenvalue weighted by Crippen LogP contribution is -2.14. The van der Waals surface area contributed by atoms with Crippen molar-refractivity contribution in [1.29, 1.82) is 0 Å². The van der Waals surface area contributed by atoms with E-state index in [1.165, 1.54) is 4.90 Å². The number of para-hydroxylation sites is 1. The van der Waals surface area contributed by atoms with Crippen LogP contribution < -0.4 is 4.90 Å². The fourth-order valence-corrected chi connectivity index (χ4v) is 0.989. The van der Waals surface area contributed by atoms with Gasteiger partial charge in [0.05, 0.1) is 0 Å². The molecule has 1 aromatic carbocycles. The van der Waals surface area contributed by atoms with Crippen LogP contribution in [0.2, 0.25) is 0 Å². The molecule has 1 amide bonds. The molecule has 0 heterocycles. The van der Waals surface area contributed by atoms with E-state index in [4.69, 9.17) is 0 Å². The lowest BCUT2D eigenvalue weighted by Gasteiger charge is -2.11. The molecule has 0 spiro atoms. The molecule has 0 saturated carbocycles. The number of nitrogens with zero attached hydrogens (tertiary/aromatic N) is 1. The molecule has 0 aromatic heterocycles. The number of hydrogen-bond acceptors (Lipinski definition) is 1. The smallest absolute Gasteiger partial charge is 0.307 e. The zero-order valence-corrected chi connectivity index (χ0v) is 6.66. The van der Waals surface area contributed by atoms with Crippen molar-refractivity contribution in [2.24, 2.45) is 0 Å². The van der Waals surface area contributed by atoms with Gasteiger partial charge in [-0.1, -0.05) is 18.2 Å². The highest BCUT2D eigenvalue weighted by atomic mass is 16.1. The van der Waals surface area contributed by atoms with Gasteiger partial charge in [0.15, 0.2) is 0 Å². The molecular weight excluding hydrogens is 138 g/mol. The lowest BCUT2D eigenvalue weighted by atomic mass is 10.2. The maximum atomic E-state index is 10.3. The summed E-state index contributed by atoms with van der Waals surface area (Å²) < 4.78 is 0. The summed E-state index contributed by atoms with van der Waals surface area (Å²) in [4.78, 5) is 11.7. The Morgan fingerprint density at radius 3 is 2.55 bits per heavy atom. The van der Waals surface area contributed by atoms with Crippen molar-refractivity contribution in [2.75, 3.05) is 11.9 Å². The summed E-state index contributed by atoms with van der Waals surface area (Å²) in [6.45, 7) is 1.96. The third-order valence-corrected chi connectivity index (χ3v) is 1.61. The van der Waals surface area contributed by atoms with Gasteiger partial charge in [-0.15, -0.1) is 0 Å². The number of benzene rings is 1. The predicted molar refractivity (Wildman–Crippen MR) is 45.3 cm³/mol. The van der Waals surface area contributed by atoms with Gasteiger partial charge in [-0.25, -0.2) is 0 Å². The van der Waals surface area contributed by atoms with Crippen molar-refractivity contribution in [3.63, 3.8) is 0 Å². The monoisotopic (exact) mass is 148 g/mol. The van der Waals surface area contributed by atoms with Crippen LogP contribution in [-0.4, -0.2) is 13.5 Å². The topological polar surface area (TPSA) is 20.3 Å². The first-order chi connectivity index (χ1) is 5.25. The van der Waals surface area contributed by atoms with Crippen LogP contribution >= 0.6 is 0 Å². The summed E-state index contributed by atoms with van der Waals surface area (Å²) in [5.74, 6) is 0.